The minimum absolute atomic E-state index is 0.267. The molecule has 2 nitrogen and oxygen atoms in total. The van der Waals surface area contributed by atoms with Gasteiger partial charge in [0.2, 0.25) is 0 Å². The van der Waals surface area contributed by atoms with E-state index in [9.17, 15) is 0 Å². The molecule has 0 bridgehead atoms. The van der Waals surface area contributed by atoms with E-state index >= 15 is 0 Å². The Hall–Kier alpha value is -0.0800. The molecule has 0 spiro atoms. The van der Waals surface area contributed by atoms with E-state index in [2.05, 4.69) is 26.1 Å². The highest BCUT2D eigenvalue weighted by atomic mass is 14.9. The Balaban J connectivity index is 3.02. The van der Waals surface area contributed by atoms with E-state index in [1.54, 1.807) is 0 Å². The fourth-order valence-electron chi connectivity index (χ4n) is 0.910. The van der Waals surface area contributed by atoms with Crippen LogP contribution in [-0.2, 0) is 0 Å². The average Bonchev–Trinajstić information content (AvgIpc) is 1.85. The summed E-state index contributed by atoms with van der Waals surface area (Å²) in [5.74, 6) is 0. The van der Waals surface area contributed by atoms with Gasteiger partial charge in [0, 0.05) is 5.54 Å². The van der Waals surface area contributed by atoms with Crippen molar-refractivity contribution >= 4 is 0 Å². The quantitative estimate of drug-likeness (QED) is 0.595. The number of rotatable bonds is 5. The molecule has 3 N–H and O–H groups in total. The number of hydrogen-bond acceptors (Lipinski definition) is 2. The number of nitrogens with one attached hydrogen (secondary N) is 1. The first kappa shape index (κ1) is 10.9. The Labute approximate surface area is 70.5 Å². The van der Waals surface area contributed by atoms with Crippen LogP contribution in [0.3, 0.4) is 0 Å². The van der Waals surface area contributed by atoms with Crippen LogP contribution in [0.4, 0.5) is 0 Å². The number of hydrogen-bond donors (Lipinski definition) is 2. The molecule has 0 atom stereocenters. The SMILES string of the molecule is CC(C)(C)NCCCCCN. The second-order valence-corrected chi connectivity index (χ2v) is 4.03. The van der Waals surface area contributed by atoms with E-state index in [0.29, 0.717) is 0 Å². The lowest BCUT2D eigenvalue weighted by Crippen LogP contribution is -2.36. The maximum absolute atomic E-state index is 5.38. The summed E-state index contributed by atoms with van der Waals surface area (Å²) in [6.45, 7) is 8.51. The lowest BCUT2D eigenvalue weighted by molar-refractivity contribution is 0.417. The van der Waals surface area contributed by atoms with Crippen molar-refractivity contribution < 1.29 is 0 Å². The molecule has 0 rings (SSSR count). The topological polar surface area (TPSA) is 38.0 Å². The Morgan fingerprint density at radius 1 is 1.09 bits per heavy atom. The number of unbranched alkanes of at least 4 members (excludes halogenated alkanes) is 2. The van der Waals surface area contributed by atoms with Gasteiger partial charge >= 0.3 is 0 Å². The van der Waals surface area contributed by atoms with Gasteiger partial charge in [-0.25, -0.2) is 0 Å². The Bertz CT molecular complexity index is 84.1. The molecule has 0 aliphatic rings. The molecule has 0 radical (unpaired) electrons. The van der Waals surface area contributed by atoms with Gasteiger partial charge in [0.1, 0.15) is 0 Å². The second kappa shape index (κ2) is 5.56. The van der Waals surface area contributed by atoms with Crippen molar-refractivity contribution in [3.63, 3.8) is 0 Å². The molecule has 0 aromatic heterocycles. The third-order valence-electron chi connectivity index (χ3n) is 1.54. The molecular formula is C9H22N2. The summed E-state index contributed by atoms with van der Waals surface area (Å²) in [7, 11) is 0. The Morgan fingerprint density at radius 2 is 1.73 bits per heavy atom. The van der Waals surface area contributed by atoms with E-state index < -0.39 is 0 Å². The summed E-state index contributed by atoms with van der Waals surface area (Å²) in [5, 5.41) is 3.44. The predicted octanol–water partition coefficient (Wildman–Crippen LogP) is 1.50. The first-order valence-electron chi connectivity index (χ1n) is 4.51. The second-order valence-electron chi connectivity index (χ2n) is 4.03. The van der Waals surface area contributed by atoms with Gasteiger partial charge in [0.15, 0.2) is 0 Å². The summed E-state index contributed by atoms with van der Waals surface area (Å²) < 4.78 is 0. The van der Waals surface area contributed by atoms with Gasteiger partial charge in [-0.1, -0.05) is 6.42 Å². The molecule has 0 saturated carbocycles. The smallest absolute Gasteiger partial charge is 0.00965 e. The van der Waals surface area contributed by atoms with Gasteiger partial charge in [0.05, 0.1) is 0 Å². The fraction of sp³-hybridized carbons (Fsp3) is 1.00. The van der Waals surface area contributed by atoms with Crippen molar-refractivity contribution in [1.29, 1.82) is 0 Å². The zero-order valence-electron chi connectivity index (χ0n) is 8.11. The van der Waals surface area contributed by atoms with E-state index in [1.165, 1.54) is 12.8 Å². The van der Waals surface area contributed by atoms with Crippen LogP contribution in [0.15, 0.2) is 0 Å². The molecule has 0 heterocycles. The standard InChI is InChI=1S/C9H22N2/c1-9(2,3)11-8-6-4-5-7-10/h11H,4-8,10H2,1-3H3. The summed E-state index contributed by atoms with van der Waals surface area (Å²) in [4.78, 5) is 0. The van der Waals surface area contributed by atoms with Crippen molar-refractivity contribution in [3.8, 4) is 0 Å². The van der Waals surface area contributed by atoms with Gasteiger partial charge in [0.25, 0.3) is 0 Å². The van der Waals surface area contributed by atoms with E-state index in [4.69, 9.17) is 5.73 Å². The largest absolute Gasteiger partial charge is 0.330 e. The Kier molecular flexibility index (Phi) is 5.51. The van der Waals surface area contributed by atoms with E-state index in [0.717, 1.165) is 19.5 Å². The molecule has 0 aliphatic heterocycles. The van der Waals surface area contributed by atoms with E-state index in [-0.39, 0.29) is 5.54 Å². The van der Waals surface area contributed by atoms with Gasteiger partial charge < -0.3 is 11.1 Å². The maximum atomic E-state index is 5.38. The van der Waals surface area contributed by atoms with Crippen molar-refractivity contribution in [2.45, 2.75) is 45.6 Å². The van der Waals surface area contributed by atoms with Crippen LogP contribution in [0.25, 0.3) is 0 Å². The van der Waals surface area contributed by atoms with Gasteiger partial charge in [-0.15, -0.1) is 0 Å². The molecule has 0 aromatic carbocycles. The highest BCUT2D eigenvalue weighted by molar-refractivity contribution is 4.69. The predicted molar refractivity (Wildman–Crippen MR) is 50.7 cm³/mol. The molecule has 0 saturated heterocycles. The van der Waals surface area contributed by atoms with Gasteiger partial charge in [-0.3, -0.25) is 0 Å². The molecular weight excluding hydrogens is 136 g/mol. The lowest BCUT2D eigenvalue weighted by atomic mass is 10.1. The van der Waals surface area contributed by atoms with Crippen LogP contribution in [0.5, 0.6) is 0 Å². The minimum Gasteiger partial charge on any atom is -0.330 e. The molecule has 0 unspecified atom stereocenters. The number of nitrogens with two attached hydrogens (primary N) is 1. The zero-order valence-corrected chi connectivity index (χ0v) is 8.11. The van der Waals surface area contributed by atoms with Crippen LogP contribution < -0.4 is 11.1 Å². The summed E-state index contributed by atoms with van der Waals surface area (Å²) in [5.41, 5.74) is 5.64. The van der Waals surface area contributed by atoms with Gasteiger partial charge in [-0.2, -0.15) is 0 Å². The molecule has 0 aliphatic carbocycles. The van der Waals surface area contributed by atoms with Crippen LogP contribution >= 0.6 is 0 Å². The van der Waals surface area contributed by atoms with Crippen LogP contribution in [0, 0.1) is 0 Å². The molecule has 0 amide bonds. The van der Waals surface area contributed by atoms with Gasteiger partial charge in [-0.05, 0) is 46.7 Å². The van der Waals surface area contributed by atoms with Crippen molar-refractivity contribution in [1.82, 2.24) is 5.32 Å². The maximum Gasteiger partial charge on any atom is 0.00965 e. The summed E-state index contributed by atoms with van der Waals surface area (Å²) in [6.07, 6.45) is 3.65. The molecule has 68 valence electrons. The van der Waals surface area contributed by atoms with Crippen LogP contribution in [0.1, 0.15) is 40.0 Å². The molecule has 0 fully saturated rings. The average molecular weight is 158 g/mol. The van der Waals surface area contributed by atoms with Crippen LogP contribution in [0.2, 0.25) is 0 Å². The van der Waals surface area contributed by atoms with Crippen molar-refractivity contribution in [2.24, 2.45) is 5.73 Å². The first-order chi connectivity index (χ1) is 5.06. The normalized spacial score (nSPS) is 12.0. The highest BCUT2D eigenvalue weighted by Crippen LogP contribution is 1.99. The van der Waals surface area contributed by atoms with Crippen molar-refractivity contribution in [3.05, 3.63) is 0 Å². The summed E-state index contributed by atoms with van der Waals surface area (Å²) >= 11 is 0. The molecule has 2 heteroatoms. The highest BCUT2D eigenvalue weighted by Gasteiger charge is 2.06. The minimum atomic E-state index is 0.267. The third-order valence-corrected chi connectivity index (χ3v) is 1.54. The van der Waals surface area contributed by atoms with Crippen molar-refractivity contribution in [2.75, 3.05) is 13.1 Å². The molecule has 0 aromatic rings. The lowest BCUT2D eigenvalue weighted by Gasteiger charge is -2.20. The van der Waals surface area contributed by atoms with E-state index in [1.807, 2.05) is 0 Å². The third kappa shape index (κ3) is 9.92. The van der Waals surface area contributed by atoms with Crippen LogP contribution in [-0.4, -0.2) is 18.6 Å². The summed E-state index contributed by atoms with van der Waals surface area (Å²) in [6, 6.07) is 0. The first-order valence-corrected chi connectivity index (χ1v) is 4.51. The molecule has 11 heavy (non-hydrogen) atoms. The monoisotopic (exact) mass is 158 g/mol. The Morgan fingerprint density at radius 3 is 2.18 bits per heavy atom. The fourth-order valence-corrected chi connectivity index (χ4v) is 0.910. The zero-order chi connectivity index (χ0) is 8.74.